The van der Waals surface area contributed by atoms with E-state index in [0.29, 0.717) is 6.54 Å². The van der Waals surface area contributed by atoms with E-state index in [9.17, 15) is 9.59 Å². The van der Waals surface area contributed by atoms with Crippen LogP contribution in [0.2, 0.25) is 0 Å². The van der Waals surface area contributed by atoms with Crippen molar-refractivity contribution in [1.82, 2.24) is 10.2 Å². The summed E-state index contributed by atoms with van der Waals surface area (Å²) in [7, 11) is 0. The Labute approximate surface area is 76.6 Å². The lowest BCUT2D eigenvalue weighted by Gasteiger charge is -2.11. The van der Waals surface area contributed by atoms with E-state index in [2.05, 4.69) is 11.9 Å². The Bertz CT molecular complexity index is 252. The smallest absolute Gasteiger partial charge is 0.246 e. The summed E-state index contributed by atoms with van der Waals surface area (Å²) in [6.45, 7) is 5.48. The SMILES string of the molecule is C=CC(=O)N[C@@H](C)C(=O)N1CC1N. The molecule has 1 aliphatic rings. The highest BCUT2D eigenvalue weighted by molar-refractivity contribution is 5.93. The number of rotatable bonds is 3. The number of carbonyl (C=O) groups excluding carboxylic acids is 2. The molecule has 1 aliphatic heterocycles. The van der Waals surface area contributed by atoms with Crippen molar-refractivity contribution in [2.24, 2.45) is 5.73 Å². The summed E-state index contributed by atoms with van der Waals surface area (Å²) in [6.07, 6.45) is 0.960. The molecule has 3 N–H and O–H groups in total. The topological polar surface area (TPSA) is 75.2 Å². The highest BCUT2D eigenvalue weighted by atomic mass is 16.2. The molecule has 5 nitrogen and oxygen atoms in total. The molecule has 1 rings (SSSR count). The van der Waals surface area contributed by atoms with Gasteiger partial charge in [-0.25, -0.2) is 0 Å². The fourth-order valence-corrected chi connectivity index (χ4v) is 0.991. The van der Waals surface area contributed by atoms with Crippen molar-refractivity contribution < 1.29 is 9.59 Å². The molecule has 1 fully saturated rings. The monoisotopic (exact) mass is 183 g/mol. The van der Waals surface area contributed by atoms with Crippen LogP contribution in [0.5, 0.6) is 0 Å². The first-order chi connectivity index (χ1) is 6.06. The lowest BCUT2D eigenvalue weighted by atomic mass is 10.3. The van der Waals surface area contributed by atoms with Crippen LogP contribution in [0, 0.1) is 0 Å². The molecule has 0 aromatic rings. The average Bonchev–Trinajstić information content (AvgIpc) is 2.81. The van der Waals surface area contributed by atoms with Gasteiger partial charge in [-0.2, -0.15) is 0 Å². The van der Waals surface area contributed by atoms with E-state index in [1.165, 1.54) is 4.90 Å². The number of hydrogen-bond donors (Lipinski definition) is 2. The first-order valence-corrected chi connectivity index (χ1v) is 4.05. The molecule has 1 saturated heterocycles. The van der Waals surface area contributed by atoms with E-state index in [-0.39, 0.29) is 18.0 Å². The Balaban J connectivity index is 2.39. The molecule has 0 spiro atoms. The van der Waals surface area contributed by atoms with Gasteiger partial charge in [0.2, 0.25) is 11.8 Å². The summed E-state index contributed by atoms with van der Waals surface area (Å²) in [5, 5.41) is 2.47. The molecule has 0 aromatic heterocycles. The second kappa shape index (κ2) is 3.57. The number of hydrogen-bond acceptors (Lipinski definition) is 3. The Morgan fingerprint density at radius 2 is 2.31 bits per heavy atom. The molecule has 0 radical (unpaired) electrons. The van der Waals surface area contributed by atoms with Gasteiger partial charge in [-0.05, 0) is 13.0 Å². The first kappa shape index (κ1) is 9.73. The van der Waals surface area contributed by atoms with Crippen molar-refractivity contribution >= 4 is 11.8 Å². The van der Waals surface area contributed by atoms with Gasteiger partial charge in [0.1, 0.15) is 6.04 Å². The van der Waals surface area contributed by atoms with Crippen molar-refractivity contribution in [3.8, 4) is 0 Å². The van der Waals surface area contributed by atoms with Crippen LogP contribution in [0.3, 0.4) is 0 Å². The Hall–Kier alpha value is -1.36. The summed E-state index contributed by atoms with van der Waals surface area (Å²) in [5.74, 6) is -0.501. The highest BCUT2D eigenvalue weighted by Crippen LogP contribution is 2.12. The van der Waals surface area contributed by atoms with Gasteiger partial charge in [-0.15, -0.1) is 0 Å². The zero-order valence-electron chi connectivity index (χ0n) is 7.49. The number of carbonyl (C=O) groups is 2. The Kier molecular flexibility index (Phi) is 2.67. The van der Waals surface area contributed by atoms with Gasteiger partial charge in [0.25, 0.3) is 0 Å². The molecular formula is C8H13N3O2. The molecular weight excluding hydrogens is 170 g/mol. The van der Waals surface area contributed by atoms with Gasteiger partial charge >= 0.3 is 0 Å². The molecule has 2 atom stereocenters. The minimum atomic E-state index is -0.529. The van der Waals surface area contributed by atoms with Gasteiger partial charge in [-0.1, -0.05) is 6.58 Å². The minimum Gasteiger partial charge on any atom is -0.341 e. The van der Waals surface area contributed by atoms with Crippen molar-refractivity contribution in [2.45, 2.75) is 19.1 Å². The number of nitrogens with two attached hydrogens (primary N) is 1. The van der Waals surface area contributed by atoms with E-state index in [1.54, 1.807) is 6.92 Å². The highest BCUT2D eigenvalue weighted by Gasteiger charge is 2.37. The third kappa shape index (κ3) is 2.29. The number of nitrogens with one attached hydrogen (secondary N) is 1. The summed E-state index contributed by atoms with van der Waals surface area (Å²) in [5.41, 5.74) is 5.44. The Morgan fingerprint density at radius 3 is 2.69 bits per heavy atom. The largest absolute Gasteiger partial charge is 0.341 e. The quantitative estimate of drug-likeness (QED) is 0.426. The molecule has 5 heteroatoms. The zero-order valence-corrected chi connectivity index (χ0v) is 7.49. The van der Waals surface area contributed by atoms with E-state index in [0.717, 1.165) is 6.08 Å². The lowest BCUT2D eigenvalue weighted by molar-refractivity contribution is -0.130. The predicted molar refractivity (Wildman–Crippen MR) is 47.5 cm³/mol. The van der Waals surface area contributed by atoms with Crippen molar-refractivity contribution in [2.75, 3.05) is 6.54 Å². The third-order valence-electron chi connectivity index (χ3n) is 1.85. The van der Waals surface area contributed by atoms with Crippen LogP contribution in [0.25, 0.3) is 0 Å². The summed E-state index contributed by atoms with van der Waals surface area (Å²) >= 11 is 0. The maximum absolute atomic E-state index is 11.4. The summed E-state index contributed by atoms with van der Waals surface area (Å²) < 4.78 is 0. The molecule has 13 heavy (non-hydrogen) atoms. The van der Waals surface area contributed by atoms with Crippen LogP contribution >= 0.6 is 0 Å². The molecule has 0 saturated carbocycles. The van der Waals surface area contributed by atoms with Crippen LogP contribution in [0.4, 0.5) is 0 Å². The van der Waals surface area contributed by atoms with Gasteiger partial charge in [0.15, 0.2) is 0 Å². The van der Waals surface area contributed by atoms with Crippen molar-refractivity contribution in [3.63, 3.8) is 0 Å². The normalized spacial score (nSPS) is 22.0. The minimum absolute atomic E-state index is 0.150. The summed E-state index contributed by atoms with van der Waals surface area (Å²) in [6, 6.07) is -0.529. The average molecular weight is 183 g/mol. The number of amides is 2. The van der Waals surface area contributed by atoms with E-state index < -0.39 is 6.04 Å². The molecule has 0 aliphatic carbocycles. The molecule has 1 heterocycles. The predicted octanol–water partition coefficient (Wildman–Crippen LogP) is -1.20. The van der Waals surface area contributed by atoms with E-state index in [1.807, 2.05) is 0 Å². The Morgan fingerprint density at radius 1 is 1.77 bits per heavy atom. The second-order valence-corrected chi connectivity index (χ2v) is 2.99. The van der Waals surface area contributed by atoms with Crippen LogP contribution in [-0.4, -0.2) is 35.5 Å². The summed E-state index contributed by atoms with van der Waals surface area (Å²) in [4.78, 5) is 23.7. The van der Waals surface area contributed by atoms with E-state index >= 15 is 0 Å². The number of nitrogens with zero attached hydrogens (tertiary/aromatic N) is 1. The van der Waals surface area contributed by atoms with Crippen molar-refractivity contribution in [1.29, 1.82) is 0 Å². The standard InChI is InChI=1S/C8H13N3O2/c1-3-7(12)10-5(2)8(13)11-4-6(11)9/h3,5-6H,1,4,9H2,2H3,(H,10,12)/t5-,6?,11?/m0/s1. The first-order valence-electron chi connectivity index (χ1n) is 4.05. The van der Waals surface area contributed by atoms with Crippen LogP contribution in [0.1, 0.15) is 6.92 Å². The molecule has 0 aromatic carbocycles. The second-order valence-electron chi connectivity index (χ2n) is 2.99. The van der Waals surface area contributed by atoms with Crippen LogP contribution < -0.4 is 11.1 Å². The molecule has 72 valence electrons. The van der Waals surface area contributed by atoms with Crippen molar-refractivity contribution in [3.05, 3.63) is 12.7 Å². The van der Waals surface area contributed by atoms with Crippen LogP contribution in [0.15, 0.2) is 12.7 Å². The maximum atomic E-state index is 11.4. The third-order valence-corrected chi connectivity index (χ3v) is 1.85. The van der Waals surface area contributed by atoms with Gasteiger partial charge < -0.3 is 16.0 Å². The molecule has 0 bridgehead atoms. The zero-order chi connectivity index (χ0) is 10.0. The fourth-order valence-electron chi connectivity index (χ4n) is 0.991. The van der Waals surface area contributed by atoms with Crippen LogP contribution in [-0.2, 0) is 9.59 Å². The lowest BCUT2D eigenvalue weighted by Crippen LogP contribution is -2.41. The molecule has 1 unspecified atom stereocenters. The van der Waals surface area contributed by atoms with Gasteiger partial charge in [0.05, 0.1) is 12.7 Å². The maximum Gasteiger partial charge on any atom is 0.246 e. The van der Waals surface area contributed by atoms with Gasteiger partial charge in [0, 0.05) is 0 Å². The molecule has 2 amide bonds. The van der Waals surface area contributed by atoms with E-state index in [4.69, 9.17) is 5.73 Å². The van der Waals surface area contributed by atoms with Gasteiger partial charge in [-0.3, -0.25) is 9.59 Å². The fraction of sp³-hybridized carbons (Fsp3) is 0.500.